The molecule has 3 aromatic carbocycles. The summed E-state index contributed by atoms with van der Waals surface area (Å²) in [6, 6.07) is 22.5. The zero-order chi connectivity index (χ0) is 24.4. The SMILES string of the molecule is N#COc1ccc(C2(c3ccc(OC#N)cc3)C=CC=C3C(=O)N(c4ccccc4)C(=O)C32)cc1. The maximum Gasteiger partial charge on any atom is 0.292 e. The van der Waals surface area contributed by atoms with Crippen LogP contribution in [0.1, 0.15) is 11.1 Å². The molecular formula is C28H17N3O4. The van der Waals surface area contributed by atoms with E-state index in [1.165, 1.54) is 4.90 Å². The first-order valence-electron chi connectivity index (χ1n) is 10.8. The van der Waals surface area contributed by atoms with Crippen LogP contribution in [0.3, 0.4) is 0 Å². The number of carbonyl (C=O) groups excluding carboxylic acids is 2. The van der Waals surface area contributed by atoms with Crippen molar-refractivity contribution in [2.24, 2.45) is 5.92 Å². The number of allylic oxidation sites excluding steroid dienone is 3. The van der Waals surface area contributed by atoms with Crippen LogP contribution in [0.25, 0.3) is 0 Å². The smallest absolute Gasteiger partial charge is 0.292 e. The van der Waals surface area contributed by atoms with Crippen molar-refractivity contribution in [2.75, 3.05) is 4.90 Å². The van der Waals surface area contributed by atoms with E-state index in [0.717, 1.165) is 11.1 Å². The van der Waals surface area contributed by atoms with Crippen molar-refractivity contribution in [3.63, 3.8) is 0 Å². The van der Waals surface area contributed by atoms with Crippen LogP contribution in [-0.4, -0.2) is 11.8 Å². The number of rotatable bonds is 5. The Morgan fingerprint density at radius 2 is 1.31 bits per heavy atom. The Morgan fingerprint density at radius 1 is 0.771 bits per heavy atom. The molecule has 3 aromatic rings. The molecule has 2 aliphatic rings. The second-order valence-electron chi connectivity index (χ2n) is 8.03. The number of benzene rings is 3. The summed E-state index contributed by atoms with van der Waals surface area (Å²) >= 11 is 0. The fourth-order valence-electron chi connectivity index (χ4n) is 4.84. The number of imide groups is 1. The zero-order valence-corrected chi connectivity index (χ0v) is 18.3. The van der Waals surface area contributed by atoms with Gasteiger partial charge >= 0.3 is 0 Å². The minimum Gasteiger partial charge on any atom is -0.388 e. The van der Waals surface area contributed by atoms with Gasteiger partial charge in [0, 0.05) is 5.57 Å². The normalized spacial score (nSPS) is 17.7. The van der Waals surface area contributed by atoms with E-state index >= 15 is 0 Å². The van der Waals surface area contributed by atoms with Crippen LogP contribution < -0.4 is 14.4 Å². The highest BCUT2D eigenvalue weighted by molar-refractivity contribution is 6.30. The summed E-state index contributed by atoms with van der Waals surface area (Å²) in [6.07, 6.45) is 8.67. The van der Waals surface area contributed by atoms with Crippen LogP contribution in [0.5, 0.6) is 11.5 Å². The predicted molar refractivity (Wildman–Crippen MR) is 126 cm³/mol. The molecule has 0 saturated carbocycles. The summed E-state index contributed by atoms with van der Waals surface area (Å²) in [6.45, 7) is 0. The molecule has 2 amide bonds. The van der Waals surface area contributed by atoms with E-state index < -0.39 is 11.3 Å². The number of carbonyl (C=O) groups is 2. The lowest BCUT2D eigenvalue weighted by molar-refractivity contribution is -0.122. The van der Waals surface area contributed by atoms with Crippen molar-refractivity contribution in [1.29, 1.82) is 10.5 Å². The number of fused-ring (bicyclic) bond motifs is 1. The molecule has 0 bridgehead atoms. The van der Waals surface area contributed by atoms with Gasteiger partial charge in [0.05, 0.1) is 17.0 Å². The zero-order valence-electron chi connectivity index (χ0n) is 18.3. The molecule has 1 aliphatic heterocycles. The van der Waals surface area contributed by atoms with E-state index in [0.29, 0.717) is 22.8 Å². The summed E-state index contributed by atoms with van der Waals surface area (Å²) in [4.78, 5) is 28.6. The van der Waals surface area contributed by atoms with Gasteiger partial charge in [-0.2, -0.15) is 0 Å². The maximum absolute atomic E-state index is 13.9. The van der Waals surface area contributed by atoms with Crippen LogP contribution in [-0.2, 0) is 15.0 Å². The first-order valence-corrected chi connectivity index (χ1v) is 10.8. The van der Waals surface area contributed by atoms with Gasteiger partial charge in [-0.05, 0) is 47.5 Å². The van der Waals surface area contributed by atoms with Gasteiger partial charge in [0.25, 0.3) is 18.4 Å². The molecule has 0 aromatic heterocycles. The molecule has 1 aliphatic carbocycles. The minimum atomic E-state index is -1.03. The topological polar surface area (TPSA) is 103 Å². The highest BCUT2D eigenvalue weighted by Gasteiger charge is 2.56. The molecule has 5 rings (SSSR count). The van der Waals surface area contributed by atoms with Crippen molar-refractivity contribution in [3.8, 4) is 24.0 Å². The average molecular weight is 459 g/mol. The number of hydrogen-bond acceptors (Lipinski definition) is 6. The van der Waals surface area contributed by atoms with Gasteiger partial charge in [0.15, 0.2) is 0 Å². The summed E-state index contributed by atoms with van der Waals surface area (Å²) in [5.41, 5.74) is 1.33. The van der Waals surface area contributed by atoms with Gasteiger partial charge in [-0.15, -0.1) is 10.5 Å². The lowest BCUT2D eigenvalue weighted by atomic mass is 9.62. The molecule has 0 radical (unpaired) electrons. The Bertz CT molecular complexity index is 1380. The lowest BCUT2D eigenvalue weighted by Gasteiger charge is -2.38. The van der Waals surface area contributed by atoms with E-state index in [9.17, 15) is 9.59 Å². The number of para-hydroxylation sites is 1. The number of nitriles is 2. The van der Waals surface area contributed by atoms with Crippen LogP contribution in [0.15, 0.2) is 103 Å². The predicted octanol–water partition coefficient (Wildman–Crippen LogP) is 4.38. The van der Waals surface area contributed by atoms with Crippen LogP contribution in [0.2, 0.25) is 0 Å². The van der Waals surface area contributed by atoms with Crippen molar-refractivity contribution >= 4 is 17.5 Å². The average Bonchev–Trinajstić information content (AvgIpc) is 3.16. The quantitative estimate of drug-likeness (QED) is 0.414. The van der Waals surface area contributed by atoms with Gasteiger partial charge in [0.2, 0.25) is 5.91 Å². The Hall–Kier alpha value is -5.14. The van der Waals surface area contributed by atoms with Crippen LogP contribution >= 0.6 is 0 Å². The van der Waals surface area contributed by atoms with Crippen LogP contribution in [0, 0.1) is 29.0 Å². The third kappa shape index (κ3) is 3.43. The fourth-order valence-corrected chi connectivity index (χ4v) is 4.84. The van der Waals surface area contributed by atoms with E-state index in [2.05, 4.69) is 0 Å². The number of nitrogens with zero attached hydrogens (tertiary/aromatic N) is 3. The minimum absolute atomic E-state index is 0.341. The number of anilines is 1. The van der Waals surface area contributed by atoms with Gasteiger partial charge < -0.3 is 9.47 Å². The van der Waals surface area contributed by atoms with Crippen molar-refractivity contribution in [1.82, 2.24) is 0 Å². The van der Waals surface area contributed by atoms with E-state index in [1.54, 1.807) is 97.5 Å². The third-order valence-corrected chi connectivity index (χ3v) is 6.32. The molecule has 1 atom stereocenters. The number of hydrogen-bond donors (Lipinski definition) is 0. The number of ether oxygens (including phenoxy) is 2. The summed E-state index contributed by atoms with van der Waals surface area (Å²) in [5, 5.41) is 17.7. The fraction of sp³-hybridized carbons (Fsp3) is 0.0714. The van der Waals surface area contributed by atoms with Crippen molar-refractivity contribution < 1.29 is 19.1 Å². The van der Waals surface area contributed by atoms with Gasteiger partial charge in [-0.25, -0.2) is 4.90 Å². The Labute approximate surface area is 201 Å². The van der Waals surface area contributed by atoms with Crippen molar-refractivity contribution in [3.05, 3.63) is 114 Å². The Morgan fingerprint density at radius 3 is 1.83 bits per heavy atom. The molecule has 7 nitrogen and oxygen atoms in total. The highest BCUT2D eigenvalue weighted by Crippen LogP contribution is 2.51. The lowest BCUT2D eigenvalue weighted by Crippen LogP contribution is -2.41. The molecule has 1 unspecified atom stereocenters. The first kappa shape index (κ1) is 21.7. The second kappa shape index (κ2) is 8.66. The molecule has 35 heavy (non-hydrogen) atoms. The molecule has 168 valence electrons. The monoisotopic (exact) mass is 459 g/mol. The van der Waals surface area contributed by atoms with E-state index in [-0.39, 0.29) is 11.8 Å². The van der Waals surface area contributed by atoms with Gasteiger partial charge in [-0.3, -0.25) is 9.59 Å². The van der Waals surface area contributed by atoms with Crippen molar-refractivity contribution in [2.45, 2.75) is 5.41 Å². The van der Waals surface area contributed by atoms with Crippen LogP contribution in [0.4, 0.5) is 5.69 Å². The molecule has 1 fully saturated rings. The molecule has 0 spiro atoms. The molecule has 1 heterocycles. The number of amides is 2. The maximum atomic E-state index is 13.9. The van der Waals surface area contributed by atoms with E-state index in [4.69, 9.17) is 20.0 Å². The summed E-state index contributed by atoms with van der Waals surface area (Å²) in [5.74, 6) is -0.815. The third-order valence-electron chi connectivity index (χ3n) is 6.32. The molecule has 0 N–H and O–H groups in total. The van der Waals surface area contributed by atoms with Gasteiger partial charge in [0.1, 0.15) is 11.5 Å². The molecule has 7 heteroatoms. The van der Waals surface area contributed by atoms with Gasteiger partial charge in [-0.1, -0.05) is 60.7 Å². The molecule has 1 saturated heterocycles. The Kier molecular flexibility index (Phi) is 5.37. The summed E-state index contributed by atoms with van der Waals surface area (Å²) < 4.78 is 9.86. The first-order chi connectivity index (χ1) is 17.1. The summed E-state index contributed by atoms with van der Waals surface area (Å²) in [7, 11) is 0. The second-order valence-corrected chi connectivity index (χ2v) is 8.03. The standard InChI is InChI=1S/C28H17N3O4/c29-17-34-22-12-8-19(9-13-22)28(20-10-14-23(15-11-20)35-18-30)16-4-7-24-25(28)27(33)31(26(24)32)21-5-2-1-3-6-21/h1-16,25H. The largest absolute Gasteiger partial charge is 0.388 e. The Balaban J connectivity index is 1.70. The molecular weight excluding hydrogens is 442 g/mol. The highest BCUT2D eigenvalue weighted by atomic mass is 16.5. The van der Waals surface area contributed by atoms with E-state index in [1.807, 2.05) is 12.1 Å².